The molecule has 0 saturated carbocycles. The van der Waals surface area contributed by atoms with E-state index in [0.717, 1.165) is 5.56 Å². The third kappa shape index (κ3) is 3.18. The Morgan fingerprint density at radius 2 is 1.87 bits per heavy atom. The van der Waals surface area contributed by atoms with Gasteiger partial charge in [0.2, 0.25) is 5.91 Å². The van der Waals surface area contributed by atoms with Crippen LogP contribution in [0.15, 0.2) is 48.5 Å². The number of carboxylic acid groups (broad SMARTS) is 1. The summed E-state index contributed by atoms with van der Waals surface area (Å²) in [6.07, 6.45) is -1.78. The largest absolute Gasteiger partial charge is 0.479 e. The molecular weight excluding hydrogens is 404 g/mol. The predicted molar refractivity (Wildman–Crippen MR) is 114 cm³/mol. The number of aromatic nitrogens is 1. The lowest BCUT2D eigenvalue weighted by atomic mass is 9.82. The van der Waals surface area contributed by atoms with Crippen LogP contribution >= 0.6 is 12.6 Å². The molecule has 0 saturated heterocycles. The van der Waals surface area contributed by atoms with Gasteiger partial charge >= 0.3 is 5.97 Å². The van der Waals surface area contributed by atoms with Gasteiger partial charge in [-0.3, -0.25) is 9.59 Å². The monoisotopic (exact) mass is 424 g/mol. The zero-order valence-corrected chi connectivity index (χ0v) is 16.8. The maximum Gasteiger partial charge on any atom is 0.337 e. The van der Waals surface area contributed by atoms with Crippen molar-refractivity contribution in [1.29, 1.82) is 0 Å². The molecule has 2 aromatic carbocycles. The Morgan fingerprint density at radius 3 is 2.50 bits per heavy atom. The number of benzene rings is 2. The molecule has 4 rings (SSSR count). The minimum atomic E-state index is -1.81. The predicted octanol–water partition coefficient (Wildman–Crippen LogP) is 2.26. The summed E-state index contributed by atoms with van der Waals surface area (Å²) in [5.41, 5.74) is 7.93. The summed E-state index contributed by atoms with van der Waals surface area (Å²) >= 11 is 4.43. The van der Waals surface area contributed by atoms with Gasteiger partial charge in [0.15, 0.2) is 11.9 Å². The highest BCUT2D eigenvalue weighted by Gasteiger charge is 2.41. The number of hydrogen-bond donors (Lipinski definition) is 4. The molecule has 3 aromatic rings. The molecule has 1 aromatic heterocycles. The van der Waals surface area contributed by atoms with E-state index in [1.54, 1.807) is 16.7 Å². The molecule has 8 heteroatoms. The average Bonchev–Trinajstić information content (AvgIpc) is 3.02. The number of rotatable bonds is 5. The van der Waals surface area contributed by atoms with E-state index in [0.29, 0.717) is 28.7 Å². The Kier molecular flexibility index (Phi) is 5.13. The van der Waals surface area contributed by atoms with E-state index in [1.807, 2.05) is 30.3 Å². The van der Waals surface area contributed by atoms with Gasteiger partial charge in [0.25, 0.3) is 0 Å². The second-order valence-corrected chi connectivity index (χ2v) is 8.05. The number of Topliss-reactive ketones (excluding diaryl/α,β-unsaturated/α-hetero) is 1. The molecule has 154 valence electrons. The van der Waals surface area contributed by atoms with E-state index in [-0.39, 0.29) is 17.8 Å². The van der Waals surface area contributed by atoms with Crippen LogP contribution in [0.4, 0.5) is 0 Å². The first-order chi connectivity index (χ1) is 14.3. The van der Waals surface area contributed by atoms with Gasteiger partial charge in [0, 0.05) is 40.2 Å². The molecule has 0 fully saturated rings. The van der Waals surface area contributed by atoms with Crippen molar-refractivity contribution in [1.82, 2.24) is 4.57 Å². The number of nitrogens with zero attached hydrogens (tertiary/aromatic N) is 1. The van der Waals surface area contributed by atoms with Crippen LogP contribution in [-0.2, 0) is 16.1 Å². The van der Waals surface area contributed by atoms with Crippen molar-refractivity contribution in [2.45, 2.75) is 30.2 Å². The molecule has 3 unspecified atom stereocenters. The zero-order valence-electron chi connectivity index (χ0n) is 15.9. The number of carboxylic acids is 1. The van der Waals surface area contributed by atoms with Gasteiger partial charge in [0.05, 0.1) is 11.6 Å². The van der Waals surface area contributed by atoms with Gasteiger partial charge < -0.3 is 20.5 Å². The number of amides is 1. The van der Waals surface area contributed by atoms with Crippen molar-refractivity contribution in [3.63, 3.8) is 0 Å². The topological polar surface area (TPSA) is 123 Å². The Hall–Kier alpha value is -3.10. The minimum absolute atomic E-state index is 0.0334. The van der Waals surface area contributed by atoms with Crippen LogP contribution in [0, 0.1) is 0 Å². The fourth-order valence-corrected chi connectivity index (χ4v) is 4.75. The molecule has 0 spiro atoms. The van der Waals surface area contributed by atoms with Gasteiger partial charge in [-0.1, -0.05) is 42.5 Å². The third-order valence-corrected chi connectivity index (χ3v) is 6.01. The van der Waals surface area contributed by atoms with Crippen molar-refractivity contribution in [2.75, 3.05) is 0 Å². The van der Waals surface area contributed by atoms with Crippen molar-refractivity contribution < 1.29 is 24.6 Å². The van der Waals surface area contributed by atoms with Crippen LogP contribution in [0.1, 0.15) is 45.6 Å². The van der Waals surface area contributed by atoms with E-state index in [1.165, 1.54) is 6.07 Å². The molecule has 4 N–H and O–H groups in total. The smallest absolute Gasteiger partial charge is 0.337 e. The van der Waals surface area contributed by atoms with Crippen LogP contribution in [0.5, 0.6) is 0 Å². The second kappa shape index (κ2) is 7.62. The molecule has 7 nitrogen and oxygen atoms in total. The molecule has 1 aliphatic carbocycles. The number of aliphatic hydroxyl groups excluding tert-OH is 1. The summed E-state index contributed by atoms with van der Waals surface area (Å²) in [7, 11) is 0. The molecule has 0 bridgehead atoms. The van der Waals surface area contributed by atoms with Crippen LogP contribution < -0.4 is 5.73 Å². The van der Waals surface area contributed by atoms with E-state index in [9.17, 15) is 24.6 Å². The lowest BCUT2D eigenvalue weighted by molar-refractivity contribution is -0.146. The third-order valence-electron chi connectivity index (χ3n) is 5.53. The number of ketones is 1. The fourth-order valence-electron chi connectivity index (χ4n) is 4.28. The Bertz CT molecular complexity index is 1170. The van der Waals surface area contributed by atoms with Gasteiger partial charge in [-0.2, -0.15) is 12.6 Å². The lowest BCUT2D eigenvalue weighted by Gasteiger charge is -2.27. The number of carbonyl (C=O) groups is 3. The SMILES string of the molecule is NC(=O)C1c2c(n(Cc3ccccc3)c3cccc(C(O)C(=O)O)c23)C(=O)CC1S. The first-order valence-electron chi connectivity index (χ1n) is 9.41. The average molecular weight is 424 g/mol. The molecule has 0 radical (unpaired) electrons. The summed E-state index contributed by atoms with van der Waals surface area (Å²) in [6, 6.07) is 14.3. The van der Waals surface area contributed by atoms with Gasteiger partial charge in [-0.25, -0.2) is 4.79 Å². The maximum absolute atomic E-state index is 13.1. The number of fused-ring (bicyclic) bond motifs is 3. The molecule has 3 atom stereocenters. The molecule has 30 heavy (non-hydrogen) atoms. The first kappa shape index (κ1) is 20.2. The highest BCUT2D eigenvalue weighted by molar-refractivity contribution is 7.81. The Balaban J connectivity index is 2.09. The molecule has 1 amide bonds. The molecule has 1 aliphatic rings. The highest BCUT2D eigenvalue weighted by Crippen LogP contribution is 2.43. The molecule has 0 aliphatic heterocycles. The molecular formula is C22H20N2O5S. The van der Waals surface area contributed by atoms with Crippen molar-refractivity contribution in [3.05, 3.63) is 70.9 Å². The Labute approximate surface area is 177 Å². The van der Waals surface area contributed by atoms with Crippen LogP contribution in [0.25, 0.3) is 10.9 Å². The van der Waals surface area contributed by atoms with Crippen molar-refractivity contribution in [2.24, 2.45) is 5.73 Å². The van der Waals surface area contributed by atoms with E-state index < -0.39 is 29.1 Å². The van der Waals surface area contributed by atoms with Gasteiger partial charge in [-0.05, 0) is 11.6 Å². The fraction of sp³-hybridized carbons (Fsp3) is 0.227. The summed E-state index contributed by atoms with van der Waals surface area (Å²) in [5, 5.41) is 19.5. The highest BCUT2D eigenvalue weighted by atomic mass is 32.1. The quantitative estimate of drug-likeness (QED) is 0.468. The van der Waals surface area contributed by atoms with E-state index in [4.69, 9.17) is 5.73 Å². The lowest BCUT2D eigenvalue weighted by Crippen LogP contribution is -2.35. The second-order valence-electron chi connectivity index (χ2n) is 7.39. The van der Waals surface area contributed by atoms with Crippen molar-refractivity contribution >= 4 is 41.2 Å². The minimum Gasteiger partial charge on any atom is -0.479 e. The number of nitrogens with two attached hydrogens (primary N) is 1. The normalized spacial score (nSPS) is 19.5. The number of thiol groups is 1. The number of carbonyl (C=O) groups excluding carboxylic acids is 2. The molecule has 1 heterocycles. The summed E-state index contributed by atoms with van der Waals surface area (Å²) in [5.74, 6) is -3.16. The summed E-state index contributed by atoms with van der Waals surface area (Å²) < 4.78 is 1.77. The number of aliphatic carboxylic acids is 1. The van der Waals surface area contributed by atoms with Crippen LogP contribution in [-0.4, -0.2) is 37.7 Å². The van der Waals surface area contributed by atoms with Crippen LogP contribution in [0.2, 0.25) is 0 Å². The standard InChI is InChI=1S/C22H20N2O5S/c23-21(27)17-15(30)9-14(25)19-18(17)16-12(20(26)22(28)29)7-4-8-13(16)24(19)10-11-5-2-1-3-6-11/h1-8,15,17,20,26,30H,9-10H2,(H2,23,27)(H,28,29). The van der Waals surface area contributed by atoms with E-state index >= 15 is 0 Å². The van der Waals surface area contributed by atoms with E-state index in [2.05, 4.69) is 12.6 Å². The van der Waals surface area contributed by atoms with Gasteiger partial charge in [-0.15, -0.1) is 0 Å². The summed E-state index contributed by atoms with van der Waals surface area (Å²) in [4.78, 5) is 36.9. The van der Waals surface area contributed by atoms with Crippen LogP contribution in [0.3, 0.4) is 0 Å². The number of primary amides is 1. The van der Waals surface area contributed by atoms with Gasteiger partial charge in [0.1, 0.15) is 0 Å². The first-order valence-corrected chi connectivity index (χ1v) is 9.93. The number of hydrogen-bond acceptors (Lipinski definition) is 5. The zero-order chi connectivity index (χ0) is 21.6. The summed E-state index contributed by atoms with van der Waals surface area (Å²) in [6.45, 7) is 0.341. The Morgan fingerprint density at radius 1 is 1.17 bits per heavy atom. The van der Waals surface area contributed by atoms with Crippen molar-refractivity contribution in [3.8, 4) is 0 Å². The number of aliphatic hydroxyl groups is 1. The maximum atomic E-state index is 13.1.